The van der Waals surface area contributed by atoms with Crippen molar-refractivity contribution in [1.29, 1.82) is 0 Å². The third-order valence-electron chi connectivity index (χ3n) is 14.3. The molecule has 0 aromatic carbocycles. The third kappa shape index (κ3) is 7.42. The van der Waals surface area contributed by atoms with Gasteiger partial charge in [0.25, 0.3) is 0 Å². The third-order valence-corrected chi connectivity index (χ3v) is 15.6. The van der Waals surface area contributed by atoms with Crippen LogP contribution in [0.5, 0.6) is 0 Å². The molecule has 21 heteroatoms. The van der Waals surface area contributed by atoms with E-state index in [-0.39, 0.29) is 35.2 Å². The molecule has 10 fully saturated rings. The van der Waals surface area contributed by atoms with Gasteiger partial charge in [-0.1, -0.05) is 27.7 Å². The van der Waals surface area contributed by atoms with Crippen LogP contribution < -0.4 is 5.32 Å². The Morgan fingerprint density at radius 2 is 1.08 bits per heavy atom. The summed E-state index contributed by atoms with van der Waals surface area (Å²) in [5, 5.41) is 17.6. The Hall–Kier alpha value is -1.79. The Morgan fingerprint density at radius 1 is 0.661 bits per heavy atom. The first-order valence-electron chi connectivity index (χ1n) is 19.8. The smallest absolute Gasteiger partial charge is 0.337 e. The van der Waals surface area contributed by atoms with E-state index in [0.29, 0.717) is 31.6 Å². The number of hydrogen-bond acceptors (Lipinski definition) is 13. The molecule has 59 heavy (non-hydrogen) atoms. The van der Waals surface area contributed by atoms with Gasteiger partial charge in [0, 0.05) is 43.4 Å². The largest absolute Gasteiger partial charge is 0.437 e. The highest BCUT2D eigenvalue weighted by molar-refractivity contribution is 9.10. The van der Waals surface area contributed by atoms with Crippen LogP contribution in [0.2, 0.25) is 0 Å². The number of ether oxygens (including phenoxy) is 4. The SMILES string of the molecule is C=C(OO)C(=C)OO.CC(=O)N[C@@]1(C(F)(F)F)O[C@@H]2O[C@]3(C)CCC4[C@H](C)CC[C@@H]([C@H]1C)[C@]42OO3.C[C@@H]1CC[C@H]2[C@@H](C)[C@](Br)(C(F)(F)F)O[C@@H]3O[C@]4(C)CCC1[C@]32OO4. The molecule has 2 aliphatic carbocycles. The standard InChI is InChI=1S/C18H26F3NO5.C16H22BrF3O4.C4H6O4/c1-9-5-6-13-10(2)17(18(19,20)21,22-11(3)23)25-14-16(13)12(9)7-8-15(4,24-14)26-27-16;1-8-4-5-11-9(2)15(17,16(18,19)20)22-12-14(11)10(8)6-7-13(3,21-12)23-24-14;1-3(7-5)4(2)8-6/h9-10,12-14H,5-8H2,1-4H3,(H,22,23);8-12H,4-7H2,1-3H3;5-6H,1-2H2/t9-,10-,12?,13+,14+,15+,16-,17-;8-,9-,10?,11+,12+,13+,14-,15-;/m11./s1. The van der Waals surface area contributed by atoms with Crippen LogP contribution in [0.25, 0.3) is 0 Å². The maximum absolute atomic E-state index is 14.2. The summed E-state index contributed by atoms with van der Waals surface area (Å²) in [4.78, 5) is 41.6. The van der Waals surface area contributed by atoms with Crippen molar-refractivity contribution in [3.8, 4) is 0 Å². The molecule has 0 aromatic heterocycles. The number of nitrogens with one attached hydrogen (secondary N) is 1. The summed E-state index contributed by atoms with van der Waals surface area (Å²) in [7, 11) is 0. The minimum Gasteiger partial charge on any atom is -0.337 e. The zero-order valence-corrected chi connectivity index (χ0v) is 35.5. The summed E-state index contributed by atoms with van der Waals surface area (Å²) in [6, 6.07) is 0. The Labute approximate surface area is 346 Å². The van der Waals surface area contributed by atoms with Gasteiger partial charge in [-0.05, 0) is 105 Å². The highest BCUT2D eigenvalue weighted by Crippen LogP contribution is 2.66. The zero-order chi connectivity index (χ0) is 43.9. The van der Waals surface area contributed by atoms with E-state index in [2.05, 4.69) is 58.0 Å². The summed E-state index contributed by atoms with van der Waals surface area (Å²) in [6.45, 7) is 17.8. The first-order chi connectivity index (χ1) is 27.2. The van der Waals surface area contributed by atoms with Crippen LogP contribution in [0.15, 0.2) is 24.7 Å². The highest BCUT2D eigenvalue weighted by atomic mass is 79.9. The number of fused-ring (bicyclic) bond motifs is 4. The Kier molecular flexibility index (Phi) is 12.5. The number of alkyl halides is 7. The summed E-state index contributed by atoms with van der Waals surface area (Å²) in [5.41, 5.74) is -4.91. The van der Waals surface area contributed by atoms with Crippen molar-refractivity contribution in [1.82, 2.24) is 5.32 Å². The van der Waals surface area contributed by atoms with Crippen LogP contribution >= 0.6 is 15.9 Å². The molecule has 0 radical (unpaired) electrons. The Bertz CT molecular complexity index is 1610. The molecule has 16 atom stereocenters. The van der Waals surface area contributed by atoms with Gasteiger partial charge in [0.1, 0.15) is 0 Å². The molecule has 4 bridgehead atoms. The van der Waals surface area contributed by atoms with E-state index in [1.807, 2.05) is 0 Å². The fourth-order valence-corrected chi connectivity index (χ4v) is 11.6. The molecule has 338 valence electrons. The number of amides is 1. The molecule has 14 nitrogen and oxygen atoms in total. The molecule has 2 spiro atoms. The average Bonchev–Trinajstić information content (AvgIpc) is 3.52. The Morgan fingerprint density at radius 3 is 1.47 bits per heavy atom. The molecule has 8 aliphatic heterocycles. The molecule has 3 N–H and O–H groups in total. The summed E-state index contributed by atoms with van der Waals surface area (Å²) in [6.07, 6.45) is -6.35. The summed E-state index contributed by atoms with van der Waals surface area (Å²) < 4.78 is 105. The van der Waals surface area contributed by atoms with Crippen LogP contribution in [0.4, 0.5) is 26.3 Å². The molecule has 1 amide bonds. The van der Waals surface area contributed by atoms with Crippen molar-refractivity contribution in [2.24, 2.45) is 47.3 Å². The Balaban J connectivity index is 0.000000169. The average molecular weight is 927 g/mol. The molecule has 0 aromatic rings. The minimum absolute atomic E-state index is 0.0448. The summed E-state index contributed by atoms with van der Waals surface area (Å²) in [5.74, 6) is -5.72. The lowest BCUT2D eigenvalue weighted by molar-refractivity contribution is -0.584. The van der Waals surface area contributed by atoms with E-state index >= 15 is 0 Å². The van der Waals surface area contributed by atoms with E-state index in [9.17, 15) is 31.1 Å². The number of carbonyl (C=O) groups is 1. The van der Waals surface area contributed by atoms with E-state index < -0.39 is 81.6 Å². The highest BCUT2D eigenvalue weighted by Gasteiger charge is 2.78. The van der Waals surface area contributed by atoms with Crippen LogP contribution in [0.1, 0.15) is 99.8 Å². The predicted octanol–water partition coefficient (Wildman–Crippen LogP) is 8.78. The van der Waals surface area contributed by atoms with E-state index in [1.54, 1.807) is 20.8 Å². The topological polar surface area (TPSA) is 162 Å². The lowest BCUT2D eigenvalue weighted by Gasteiger charge is -2.63. The molecular weight excluding hydrogens is 872 g/mol. The monoisotopic (exact) mass is 925 g/mol. The molecule has 10 rings (SSSR count). The number of rotatable bonds is 4. The van der Waals surface area contributed by atoms with Crippen LogP contribution in [0.3, 0.4) is 0 Å². The second-order valence-corrected chi connectivity index (χ2v) is 18.9. The minimum atomic E-state index is -4.81. The predicted molar refractivity (Wildman–Crippen MR) is 192 cm³/mol. The van der Waals surface area contributed by atoms with Crippen molar-refractivity contribution in [2.75, 3.05) is 0 Å². The van der Waals surface area contributed by atoms with Crippen LogP contribution in [0, 0.1) is 47.3 Å². The number of halogens is 7. The van der Waals surface area contributed by atoms with Crippen molar-refractivity contribution in [2.45, 2.75) is 158 Å². The fraction of sp³-hybridized carbons (Fsp3) is 0.868. The second kappa shape index (κ2) is 15.8. The van der Waals surface area contributed by atoms with Crippen molar-refractivity contribution in [3.63, 3.8) is 0 Å². The van der Waals surface area contributed by atoms with Gasteiger partial charge < -0.3 is 34.0 Å². The zero-order valence-electron chi connectivity index (χ0n) is 33.9. The molecule has 2 saturated carbocycles. The molecule has 2 unspecified atom stereocenters. The first-order valence-corrected chi connectivity index (χ1v) is 20.6. The fourth-order valence-electron chi connectivity index (χ4n) is 11.1. The summed E-state index contributed by atoms with van der Waals surface area (Å²) >= 11 is 2.87. The molecule has 8 saturated heterocycles. The van der Waals surface area contributed by atoms with E-state index in [0.717, 1.165) is 32.6 Å². The maximum atomic E-state index is 14.2. The van der Waals surface area contributed by atoms with Gasteiger partial charge >= 0.3 is 12.4 Å². The lowest BCUT2D eigenvalue weighted by Crippen LogP contribution is -2.79. The van der Waals surface area contributed by atoms with E-state index in [4.69, 9.17) is 49.0 Å². The molecule has 10 aliphatic rings. The van der Waals surface area contributed by atoms with Gasteiger partial charge in [-0.15, -0.1) is 0 Å². The van der Waals surface area contributed by atoms with Gasteiger partial charge in [-0.3, -0.25) is 4.79 Å². The number of carbonyl (C=O) groups excluding carboxylic acids is 1. The van der Waals surface area contributed by atoms with Gasteiger partial charge in [-0.25, -0.2) is 30.1 Å². The quantitative estimate of drug-likeness (QED) is 0.0614. The molecule has 8 heterocycles. The van der Waals surface area contributed by atoms with Crippen molar-refractivity contribution < 1.29 is 89.9 Å². The van der Waals surface area contributed by atoms with E-state index in [1.165, 1.54) is 6.92 Å². The normalized spacial score (nSPS) is 48.2. The second-order valence-electron chi connectivity index (χ2n) is 17.7. The van der Waals surface area contributed by atoms with Crippen molar-refractivity contribution >= 4 is 21.8 Å². The van der Waals surface area contributed by atoms with Crippen molar-refractivity contribution in [3.05, 3.63) is 24.7 Å². The lowest BCUT2D eigenvalue weighted by atomic mass is 9.56. The van der Waals surface area contributed by atoms with Gasteiger partial charge in [-0.2, -0.15) is 26.3 Å². The van der Waals surface area contributed by atoms with Gasteiger partial charge in [0.05, 0.1) is 0 Å². The number of hydrogen-bond donors (Lipinski definition) is 3. The van der Waals surface area contributed by atoms with Crippen LogP contribution in [-0.2, 0) is 53.1 Å². The van der Waals surface area contributed by atoms with Gasteiger partial charge in [0.15, 0.2) is 23.8 Å². The molecular formula is C38H54BrF6NO13. The van der Waals surface area contributed by atoms with Crippen LogP contribution in [-0.4, -0.2) is 74.4 Å². The van der Waals surface area contributed by atoms with Gasteiger partial charge in [0.2, 0.25) is 39.2 Å². The first kappa shape index (κ1) is 46.7. The maximum Gasteiger partial charge on any atom is 0.437 e.